The van der Waals surface area contributed by atoms with E-state index in [9.17, 15) is 5.11 Å². The zero-order valence-corrected chi connectivity index (χ0v) is 12.0. The van der Waals surface area contributed by atoms with Crippen molar-refractivity contribution in [1.82, 2.24) is 0 Å². The van der Waals surface area contributed by atoms with Crippen LogP contribution in [0.5, 0.6) is 5.75 Å². The number of rotatable bonds is 3. The number of thiophene rings is 1. The Balaban J connectivity index is 1.98. The fraction of sp³-hybridized carbons (Fsp3) is 0.312. The quantitative estimate of drug-likeness (QED) is 0.939. The van der Waals surface area contributed by atoms with E-state index in [0.29, 0.717) is 0 Å². The van der Waals surface area contributed by atoms with Crippen molar-refractivity contribution in [3.8, 4) is 22.3 Å². The molecular formula is C16H15NO2S. The highest BCUT2D eigenvalue weighted by Gasteiger charge is 2.20. The minimum absolute atomic E-state index is 0.0786. The standard InChI is InChI=1S/C16H15NO2S/c1-10(18)15-9-12-3-2-11-8-13(19-7-6-17)4-5-14(11)16(12)20-15/h4-5,8-10,18H,2-3,7H2,1H3. The summed E-state index contributed by atoms with van der Waals surface area (Å²) in [6.07, 6.45) is 1.56. The smallest absolute Gasteiger partial charge is 0.174 e. The van der Waals surface area contributed by atoms with Crippen molar-refractivity contribution in [1.29, 1.82) is 5.26 Å². The molecule has 0 radical (unpaired) electrons. The summed E-state index contributed by atoms with van der Waals surface area (Å²) < 4.78 is 5.35. The molecular weight excluding hydrogens is 270 g/mol. The Bertz CT molecular complexity index is 682. The number of nitriles is 1. The molecule has 1 aliphatic rings. The van der Waals surface area contributed by atoms with Gasteiger partial charge < -0.3 is 9.84 Å². The van der Waals surface area contributed by atoms with Crippen LogP contribution in [0.3, 0.4) is 0 Å². The van der Waals surface area contributed by atoms with Gasteiger partial charge in [-0.25, -0.2) is 0 Å². The van der Waals surface area contributed by atoms with Gasteiger partial charge in [0.2, 0.25) is 0 Å². The third-order valence-electron chi connectivity index (χ3n) is 3.53. The predicted molar refractivity (Wildman–Crippen MR) is 78.9 cm³/mol. The first-order chi connectivity index (χ1) is 9.69. The van der Waals surface area contributed by atoms with Crippen molar-refractivity contribution in [2.75, 3.05) is 6.61 Å². The molecule has 1 N–H and O–H groups in total. The molecule has 102 valence electrons. The van der Waals surface area contributed by atoms with E-state index in [-0.39, 0.29) is 6.61 Å². The van der Waals surface area contributed by atoms with Crippen molar-refractivity contribution in [2.45, 2.75) is 25.9 Å². The lowest BCUT2D eigenvalue weighted by molar-refractivity contribution is 0.203. The molecule has 0 bridgehead atoms. The van der Waals surface area contributed by atoms with Gasteiger partial charge in [-0.1, -0.05) is 0 Å². The fourth-order valence-corrected chi connectivity index (χ4v) is 3.75. The molecule has 0 aliphatic heterocycles. The summed E-state index contributed by atoms with van der Waals surface area (Å²) in [4.78, 5) is 2.28. The van der Waals surface area contributed by atoms with E-state index in [4.69, 9.17) is 10.00 Å². The average Bonchev–Trinajstić information content (AvgIpc) is 2.89. The second-order valence-electron chi connectivity index (χ2n) is 4.94. The van der Waals surface area contributed by atoms with Crippen molar-refractivity contribution >= 4 is 11.3 Å². The molecule has 0 fully saturated rings. The largest absolute Gasteiger partial charge is 0.479 e. The van der Waals surface area contributed by atoms with Gasteiger partial charge in [0.1, 0.15) is 11.8 Å². The van der Waals surface area contributed by atoms with E-state index >= 15 is 0 Å². The zero-order chi connectivity index (χ0) is 14.1. The molecule has 0 saturated carbocycles. The molecule has 2 aromatic rings. The van der Waals surface area contributed by atoms with E-state index in [1.807, 2.05) is 18.2 Å². The average molecular weight is 285 g/mol. The maximum atomic E-state index is 9.72. The monoisotopic (exact) mass is 285 g/mol. The van der Waals surface area contributed by atoms with Crippen LogP contribution in [-0.2, 0) is 12.8 Å². The topological polar surface area (TPSA) is 53.2 Å². The van der Waals surface area contributed by atoms with Gasteiger partial charge in [-0.3, -0.25) is 0 Å². The van der Waals surface area contributed by atoms with Crippen molar-refractivity contribution < 1.29 is 9.84 Å². The van der Waals surface area contributed by atoms with E-state index in [0.717, 1.165) is 23.5 Å². The van der Waals surface area contributed by atoms with Crippen LogP contribution in [0.2, 0.25) is 0 Å². The number of hydrogen-bond acceptors (Lipinski definition) is 4. The summed E-state index contributed by atoms with van der Waals surface area (Å²) in [5, 5.41) is 18.3. The number of fused-ring (bicyclic) bond motifs is 3. The normalized spacial score (nSPS) is 14.1. The lowest BCUT2D eigenvalue weighted by Crippen LogP contribution is -2.02. The highest BCUT2D eigenvalue weighted by Crippen LogP contribution is 2.42. The highest BCUT2D eigenvalue weighted by atomic mass is 32.1. The molecule has 0 amide bonds. The van der Waals surface area contributed by atoms with Crippen LogP contribution in [0.1, 0.15) is 29.0 Å². The van der Waals surface area contributed by atoms with Crippen molar-refractivity contribution in [2.24, 2.45) is 0 Å². The number of ether oxygens (including phenoxy) is 1. The summed E-state index contributed by atoms with van der Waals surface area (Å²) in [5.41, 5.74) is 3.81. The maximum Gasteiger partial charge on any atom is 0.174 e. The fourth-order valence-electron chi connectivity index (χ4n) is 2.54. The Kier molecular flexibility index (Phi) is 3.47. The van der Waals surface area contributed by atoms with Gasteiger partial charge in [0.05, 0.1) is 6.10 Å². The maximum absolute atomic E-state index is 9.72. The van der Waals surface area contributed by atoms with Crippen LogP contribution in [0, 0.1) is 11.3 Å². The third-order valence-corrected chi connectivity index (χ3v) is 4.91. The molecule has 3 rings (SSSR count). The first kappa shape index (κ1) is 13.2. The van der Waals surface area contributed by atoms with Gasteiger partial charge in [-0.15, -0.1) is 11.3 Å². The van der Waals surface area contributed by atoms with E-state index in [1.165, 1.54) is 21.6 Å². The van der Waals surface area contributed by atoms with Crippen LogP contribution >= 0.6 is 11.3 Å². The number of benzene rings is 1. The van der Waals surface area contributed by atoms with E-state index in [2.05, 4.69) is 12.1 Å². The Morgan fingerprint density at radius 2 is 2.15 bits per heavy atom. The lowest BCUT2D eigenvalue weighted by atomic mass is 9.91. The number of aryl methyl sites for hydroxylation is 2. The number of aliphatic hydroxyl groups excluding tert-OH is 1. The molecule has 0 spiro atoms. The summed E-state index contributed by atoms with van der Waals surface area (Å²) in [6.45, 7) is 1.88. The SMILES string of the molecule is CC(O)c1cc2c(s1)-c1ccc(OCC#N)cc1CC2. The highest BCUT2D eigenvalue weighted by molar-refractivity contribution is 7.15. The van der Waals surface area contributed by atoms with Crippen LogP contribution in [0.4, 0.5) is 0 Å². The second kappa shape index (κ2) is 5.28. The number of hydrogen-bond donors (Lipinski definition) is 1. The molecule has 1 aromatic heterocycles. The van der Waals surface area contributed by atoms with Crippen LogP contribution in [-0.4, -0.2) is 11.7 Å². The van der Waals surface area contributed by atoms with Gasteiger partial charge in [0.15, 0.2) is 6.61 Å². The molecule has 1 heterocycles. The zero-order valence-electron chi connectivity index (χ0n) is 11.2. The third kappa shape index (κ3) is 2.31. The summed E-state index contributed by atoms with van der Waals surface area (Å²) in [6, 6.07) is 10.1. The lowest BCUT2D eigenvalue weighted by Gasteiger charge is -2.17. The molecule has 20 heavy (non-hydrogen) atoms. The van der Waals surface area contributed by atoms with Crippen molar-refractivity contribution in [3.05, 3.63) is 40.3 Å². The molecule has 1 aliphatic carbocycles. The first-order valence-corrected chi connectivity index (χ1v) is 7.44. The molecule has 1 atom stereocenters. The van der Waals surface area contributed by atoms with Gasteiger partial charge in [0.25, 0.3) is 0 Å². The molecule has 3 nitrogen and oxygen atoms in total. The minimum Gasteiger partial charge on any atom is -0.479 e. The molecule has 4 heteroatoms. The van der Waals surface area contributed by atoms with Crippen LogP contribution < -0.4 is 4.74 Å². The van der Waals surface area contributed by atoms with Crippen LogP contribution in [0.15, 0.2) is 24.3 Å². The molecule has 1 aromatic carbocycles. The van der Waals surface area contributed by atoms with Gasteiger partial charge >= 0.3 is 0 Å². The Morgan fingerprint density at radius 1 is 1.35 bits per heavy atom. The van der Waals surface area contributed by atoms with E-state index < -0.39 is 6.10 Å². The Morgan fingerprint density at radius 3 is 2.90 bits per heavy atom. The van der Waals surface area contributed by atoms with Crippen molar-refractivity contribution in [3.63, 3.8) is 0 Å². The van der Waals surface area contributed by atoms with Gasteiger partial charge in [-0.2, -0.15) is 5.26 Å². The van der Waals surface area contributed by atoms with E-state index in [1.54, 1.807) is 18.3 Å². The molecule has 0 saturated heterocycles. The summed E-state index contributed by atoms with van der Waals surface area (Å²) >= 11 is 1.67. The first-order valence-electron chi connectivity index (χ1n) is 6.62. The van der Waals surface area contributed by atoms with Gasteiger partial charge in [-0.05, 0) is 60.7 Å². The van der Waals surface area contributed by atoms with Crippen LogP contribution in [0.25, 0.3) is 10.4 Å². The van der Waals surface area contributed by atoms with Gasteiger partial charge in [0, 0.05) is 9.75 Å². The predicted octanol–water partition coefficient (Wildman–Crippen LogP) is 3.47. The summed E-state index contributed by atoms with van der Waals surface area (Å²) in [5.74, 6) is 0.751. The Labute approximate surface area is 122 Å². The summed E-state index contributed by atoms with van der Waals surface area (Å²) in [7, 11) is 0. The second-order valence-corrected chi connectivity index (χ2v) is 6.03. The number of nitrogens with zero attached hydrogens (tertiary/aromatic N) is 1. The Hall–Kier alpha value is -1.83. The minimum atomic E-state index is -0.410. The number of aliphatic hydroxyl groups is 1. The molecule has 1 unspecified atom stereocenters.